The normalized spacial score (nSPS) is 15.5. The highest BCUT2D eigenvalue weighted by Crippen LogP contribution is 2.24. The number of aromatic nitrogens is 3. The minimum Gasteiger partial charge on any atom is -0.494 e. The van der Waals surface area contributed by atoms with Crippen LogP contribution in [-0.2, 0) is 0 Å². The monoisotopic (exact) mass is 334 g/mol. The third-order valence-electron chi connectivity index (χ3n) is 3.93. The fraction of sp³-hybridized carbons (Fsp3) is 0.438. The van der Waals surface area contributed by atoms with Gasteiger partial charge in [-0.2, -0.15) is 0 Å². The van der Waals surface area contributed by atoms with E-state index in [4.69, 9.17) is 21.1 Å². The molecule has 0 saturated carbocycles. The zero-order valence-electron chi connectivity index (χ0n) is 13.0. The molecule has 1 fully saturated rings. The highest BCUT2D eigenvalue weighted by Gasteiger charge is 2.22. The highest BCUT2D eigenvalue weighted by molar-refractivity contribution is 6.31. The maximum atomic E-state index is 6.05. The number of pyridine rings is 1. The number of nitrogens with zero attached hydrogens (tertiary/aromatic N) is 4. The summed E-state index contributed by atoms with van der Waals surface area (Å²) in [6.45, 7) is 2.46. The van der Waals surface area contributed by atoms with Crippen LogP contribution >= 0.6 is 11.6 Å². The first-order valence-corrected chi connectivity index (χ1v) is 7.98. The van der Waals surface area contributed by atoms with E-state index in [1.165, 1.54) is 0 Å². The van der Waals surface area contributed by atoms with Crippen molar-refractivity contribution in [3.63, 3.8) is 0 Å². The Hall–Kier alpha value is -2.08. The Balaban J connectivity index is 1.49. The van der Waals surface area contributed by atoms with E-state index in [0.717, 1.165) is 31.9 Å². The van der Waals surface area contributed by atoms with Crippen LogP contribution in [0.3, 0.4) is 0 Å². The van der Waals surface area contributed by atoms with Crippen molar-refractivity contribution in [3.05, 3.63) is 35.7 Å². The molecule has 0 amide bonds. The molecule has 6 nitrogen and oxygen atoms in total. The van der Waals surface area contributed by atoms with Gasteiger partial charge < -0.3 is 14.4 Å². The van der Waals surface area contributed by atoms with Crippen LogP contribution in [0.2, 0.25) is 5.02 Å². The second-order valence-electron chi connectivity index (χ2n) is 5.45. The largest absolute Gasteiger partial charge is 0.494 e. The topological polar surface area (TPSA) is 60.4 Å². The van der Waals surface area contributed by atoms with Crippen LogP contribution in [0.1, 0.15) is 12.8 Å². The number of hydrogen-bond acceptors (Lipinski definition) is 6. The van der Waals surface area contributed by atoms with Gasteiger partial charge >= 0.3 is 0 Å². The zero-order chi connectivity index (χ0) is 16.1. The maximum absolute atomic E-state index is 6.05. The second kappa shape index (κ2) is 7.46. The molecule has 1 aliphatic heterocycles. The van der Waals surface area contributed by atoms with Gasteiger partial charge in [0.05, 0.1) is 26.1 Å². The molecule has 2 aromatic rings. The fourth-order valence-corrected chi connectivity index (χ4v) is 2.73. The number of ether oxygens (including phenoxy) is 2. The second-order valence-corrected chi connectivity index (χ2v) is 5.86. The summed E-state index contributed by atoms with van der Waals surface area (Å²) in [7, 11) is 1.61. The van der Waals surface area contributed by atoms with Crippen LogP contribution in [0, 0.1) is 5.92 Å². The average molecular weight is 335 g/mol. The smallest absolute Gasteiger partial charge is 0.232 e. The zero-order valence-corrected chi connectivity index (χ0v) is 13.7. The summed E-state index contributed by atoms with van der Waals surface area (Å²) in [5, 5.41) is 0.552. The first-order chi connectivity index (χ1) is 11.3. The van der Waals surface area contributed by atoms with Crippen molar-refractivity contribution >= 4 is 17.5 Å². The van der Waals surface area contributed by atoms with Crippen LogP contribution in [0.4, 0.5) is 5.95 Å². The molecule has 3 rings (SSSR count). The fourth-order valence-electron chi connectivity index (χ4n) is 2.55. The van der Waals surface area contributed by atoms with Gasteiger partial charge in [0.1, 0.15) is 5.02 Å². The molecule has 2 aromatic heterocycles. The molecular weight excluding hydrogens is 316 g/mol. The van der Waals surface area contributed by atoms with E-state index in [-0.39, 0.29) is 0 Å². The van der Waals surface area contributed by atoms with Crippen LogP contribution in [0.5, 0.6) is 11.6 Å². The van der Waals surface area contributed by atoms with Gasteiger partial charge in [-0.05, 0) is 30.9 Å². The van der Waals surface area contributed by atoms with Crippen LogP contribution < -0.4 is 14.4 Å². The Bertz CT molecular complexity index is 630. The van der Waals surface area contributed by atoms with Gasteiger partial charge in [0.2, 0.25) is 11.8 Å². The lowest BCUT2D eigenvalue weighted by Gasteiger charge is -2.31. The van der Waals surface area contributed by atoms with Crippen molar-refractivity contribution in [1.29, 1.82) is 0 Å². The first-order valence-electron chi connectivity index (χ1n) is 7.60. The van der Waals surface area contributed by atoms with Crippen molar-refractivity contribution < 1.29 is 9.47 Å². The highest BCUT2D eigenvalue weighted by atomic mass is 35.5. The van der Waals surface area contributed by atoms with Crippen molar-refractivity contribution in [2.75, 3.05) is 31.7 Å². The Kier molecular flexibility index (Phi) is 5.12. The standard InChI is InChI=1S/C16H19ClN4O2/c1-22-13-9-19-16(20-10-13)21-7-4-12(5-8-21)11-23-15-14(17)3-2-6-18-15/h2-3,6,9-10,12H,4-5,7-8,11H2,1H3. The summed E-state index contributed by atoms with van der Waals surface area (Å²) in [6, 6.07) is 3.58. The molecule has 0 radical (unpaired) electrons. The summed E-state index contributed by atoms with van der Waals surface area (Å²) in [5.74, 6) is 2.42. The molecule has 0 bridgehead atoms. The molecule has 7 heteroatoms. The Morgan fingerprint density at radius 2 is 1.96 bits per heavy atom. The molecular formula is C16H19ClN4O2. The van der Waals surface area contributed by atoms with Gasteiger partial charge in [0.25, 0.3) is 0 Å². The summed E-state index contributed by atoms with van der Waals surface area (Å²) < 4.78 is 10.8. The molecule has 0 spiro atoms. The van der Waals surface area contributed by atoms with E-state index in [9.17, 15) is 0 Å². The number of methoxy groups -OCH3 is 1. The van der Waals surface area contributed by atoms with Crippen molar-refractivity contribution in [2.45, 2.75) is 12.8 Å². The lowest BCUT2D eigenvalue weighted by Crippen LogP contribution is -2.36. The van der Waals surface area contributed by atoms with Crippen molar-refractivity contribution in [2.24, 2.45) is 5.92 Å². The Labute approximate surface area is 140 Å². The summed E-state index contributed by atoms with van der Waals surface area (Å²) in [4.78, 5) is 15.0. The lowest BCUT2D eigenvalue weighted by atomic mass is 9.98. The van der Waals surface area contributed by atoms with E-state index >= 15 is 0 Å². The van der Waals surface area contributed by atoms with Gasteiger partial charge in [-0.15, -0.1) is 0 Å². The van der Waals surface area contributed by atoms with Crippen molar-refractivity contribution in [3.8, 4) is 11.6 Å². The van der Waals surface area contributed by atoms with E-state index in [1.54, 1.807) is 37.8 Å². The molecule has 3 heterocycles. The molecule has 1 saturated heterocycles. The quantitative estimate of drug-likeness (QED) is 0.838. The maximum Gasteiger partial charge on any atom is 0.232 e. The van der Waals surface area contributed by atoms with Crippen LogP contribution in [-0.4, -0.2) is 41.8 Å². The number of piperidine rings is 1. The lowest BCUT2D eigenvalue weighted by molar-refractivity contribution is 0.216. The molecule has 0 aromatic carbocycles. The van der Waals surface area contributed by atoms with Gasteiger partial charge in [-0.3, -0.25) is 0 Å². The van der Waals surface area contributed by atoms with E-state index in [2.05, 4.69) is 19.9 Å². The predicted molar refractivity (Wildman–Crippen MR) is 88.3 cm³/mol. The summed E-state index contributed by atoms with van der Waals surface area (Å²) >= 11 is 6.05. The number of hydrogen-bond donors (Lipinski definition) is 0. The number of rotatable bonds is 5. The van der Waals surface area contributed by atoms with Crippen LogP contribution in [0.15, 0.2) is 30.7 Å². The molecule has 0 aliphatic carbocycles. The molecule has 23 heavy (non-hydrogen) atoms. The molecule has 1 aliphatic rings. The molecule has 0 unspecified atom stereocenters. The number of halogens is 1. The molecule has 122 valence electrons. The van der Waals surface area contributed by atoms with Gasteiger partial charge in [0, 0.05) is 19.3 Å². The van der Waals surface area contributed by atoms with E-state index in [0.29, 0.717) is 29.2 Å². The minimum atomic E-state index is 0.488. The summed E-state index contributed by atoms with van der Waals surface area (Å²) in [5.41, 5.74) is 0. The first kappa shape index (κ1) is 15.8. The van der Waals surface area contributed by atoms with Crippen LogP contribution in [0.25, 0.3) is 0 Å². The Morgan fingerprint density at radius 1 is 1.22 bits per heavy atom. The minimum absolute atomic E-state index is 0.488. The summed E-state index contributed by atoms with van der Waals surface area (Å²) in [6.07, 6.45) is 7.13. The Morgan fingerprint density at radius 3 is 2.61 bits per heavy atom. The van der Waals surface area contributed by atoms with E-state index < -0.39 is 0 Å². The SMILES string of the molecule is COc1cnc(N2CCC(COc3ncccc3Cl)CC2)nc1. The number of anilines is 1. The third kappa shape index (κ3) is 4.01. The third-order valence-corrected chi connectivity index (χ3v) is 4.22. The predicted octanol–water partition coefficient (Wildman–Crippen LogP) is 2.83. The van der Waals surface area contributed by atoms with Gasteiger partial charge in [-0.25, -0.2) is 15.0 Å². The van der Waals surface area contributed by atoms with Crippen molar-refractivity contribution in [1.82, 2.24) is 15.0 Å². The van der Waals surface area contributed by atoms with E-state index in [1.807, 2.05) is 0 Å². The molecule has 0 atom stereocenters. The van der Waals surface area contributed by atoms with Gasteiger partial charge in [-0.1, -0.05) is 11.6 Å². The molecule has 0 N–H and O–H groups in total. The average Bonchev–Trinajstić information content (AvgIpc) is 2.62. The van der Waals surface area contributed by atoms with Gasteiger partial charge in [0.15, 0.2) is 5.75 Å².